The fourth-order valence-corrected chi connectivity index (χ4v) is 2.55. The molecule has 0 spiro atoms. The van der Waals surface area contributed by atoms with Gasteiger partial charge in [-0.1, -0.05) is 0 Å². The number of aliphatic hydroxyl groups is 2. The minimum Gasteiger partial charge on any atom is -0.393 e. The molecule has 3 unspecified atom stereocenters. The molecule has 18 heavy (non-hydrogen) atoms. The number of hydrogen-bond acceptors (Lipinski definition) is 3. The highest BCUT2D eigenvalue weighted by Crippen LogP contribution is 2.32. The summed E-state index contributed by atoms with van der Waals surface area (Å²) in [6.07, 6.45) is -0.0966. The van der Waals surface area contributed by atoms with E-state index in [1.807, 2.05) is 0 Å². The summed E-state index contributed by atoms with van der Waals surface area (Å²) in [4.78, 5) is 2.11. The molecule has 3 nitrogen and oxygen atoms in total. The van der Waals surface area contributed by atoms with Crippen LogP contribution < -0.4 is 4.90 Å². The number of rotatable bonds is 3. The summed E-state index contributed by atoms with van der Waals surface area (Å²) >= 11 is 0. The van der Waals surface area contributed by atoms with E-state index < -0.39 is 6.10 Å². The molecule has 1 fully saturated rings. The molecule has 0 aromatic heterocycles. The van der Waals surface area contributed by atoms with Crippen LogP contribution in [-0.4, -0.2) is 29.4 Å². The Kier molecular flexibility index (Phi) is 3.88. The summed E-state index contributed by atoms with van der Waals surface area (Å²) in [5.41, 5.74) is 1.48. The van der Waals surface area contributed by atoms with Gasteiger partial charge in [-0.15, -0.1) is 0 Å². The summed E-state index contributed by atoms with van der Waals surface area (Å²) < 4.78 is 13.2. The van der Waals surface area contributed by atoms with Gasteiger partial charge < -0.3 is 15.1 Å². The number of anilines is 1. The van der Waals surface area contributed by atoms with Gasteiger partial charge in [-0.2, -0.15) is 0 Å². The summed E-state index contributed by atoms with van der Waals surface area (Å²) in [7, 11) is 0. The lowest BCUT2D eigenvalue weighted by atomic mass is 10.0. The van der Waals surface area contributed by atoms with Crippen LogP contribution in [0.1, 0.15) is 31.9 Å². The van der Waals surface area contributed by atoms with Gasteiger partial charge in [0.2, 0.25) is 0 Å². The monoisotopic (exact) mass is 253 g/mol. The van der Waals surface area contributed by atoms with E-state index in [-0.39, 0.29) is 17.8 Å². The summed E-state index contributed by atoms with van der Waals surface area (Å²) in [5.74, 6) is -0.0853. The Morgan fingerprint density at radius 3 is 2.61 bits per heavy atom. The third kappa shape index (κ3) is 2.65. The maximum absolute atomic E-state index is 13.2. The van der Waals surface area contributed by atoms with Crippen molar-refractivity contribution in [3.05, 3.63) is 29.6 Å². The predicted molar refractivity (Wildman–Crippen MR) is 69.0 cm³/mol. The van der Waals surface area contributed by atoms with Crippen molar-refractivity contribution in [3.8, 4) is 0 Å². The summed E-state index contributed by atoms with van der Waals surface area (Å²) in [6, 6.07) is 4.51. The third-order valence-corrected chi connectivity index (χ3v) is 3.69. The molecule has 1 heterocycles. The lowest BCUT2D eigenvalue weighted by Gasteiger charge is -2.24. The van der Waals surface area contributed by atoms with Crippen LogP contribution in [0.3, 0.4) is 0 Å². The van der Waals surface area contributed by atoms with E-state index in [1.165, 1.54) is 12.1 Å². The van der Waals surface area contributed by atoms with Gasteiger partial charge in [0, 0.05) is 30.3 Å². The third-order valence-electron chi connectivity index (χ3n) is 3.69. The normalized spacial score (nSPS) is 23.2. The van der Waals surface area contributed by atoms with Crippen LogP contribution in [0.4, 0.5) is 10.1 Å². The smallest absolute Gasteiger partial charge is 0.123 e. The van der Waals surface area contributed by atoms with Crippen molar-refractivity contribution in [3.63, 3.8) is 0 Å². The summed E-state index contributed by atoms with van der Waals surface area (Å²) in [5, 5.41) is 19.3. The van der Waals surface area contributed by atoms with Gasteiger partial charge >= 0.3 is 0 Å². The standard InChI is InChI=1S/C14H20FNO2/c1-9(17)11-5-6-16(8-11)14-4-3-12(15)7-13(14)10(2)18/h3-4,7,9-11,17-18H,5-6,8H2,1-2H3. The molecule has 100 valence electrons. The van der Waals surface area contributed by atoms with E-state index in [0.717, 1.165) is 25.2 Å². The number of hydrogen-bond donors (Lipinski definition) is 2. The second-order valence-electron chi connectivity index (χ2n) is 5.11. The lowest BCUT2D eigenvalue weighted by Crippen LogP contribution is -2.25. The van der Waals surface area contributed by atoms with Crippen molar-refractivity contribution in [2.45, 2.75) is 32.5 Å². The maximum atomic E-state index is 13.2. The SMILES string of the molecule is CC(O)c1cc(F)ccc1N1CCC(C(C)O)C1. The van der Waals surface area contributed by atoms with Crippen LogP contribution in [0, 0.1) is 11.7 Å². The molecule has 3 atom stereocenters. The minimum absolute atomic E-state index is 0.247. The molecular formula is C14H20FNO2. The first kappa shape index (κ1) is 13.3. The van der Waals surface area contributed by atoms with E-state index in [1.54, 1.807) is 19.9 Å². The topological polar surface area (TPSA) is 43.7 Å². The zero-order valence-electron chi connectivity index (χ0n) is 10.8. The van der Waals surface area contributed by atoms with Gasteiger partial charge in [-0.3, -0.25) is 0 Å². The highest BCUT2D eigenvalue weighted by molar-refractivity contribution is 5.55. The first-order valence-electron chi connectivity index (χ1n) is 6.39. The Hall–Kier alpha value is -1.13. The van der Waals surface area contributed by atoms with Crippen molar-refractivity contribution >= 4 is 5.69 Å². The van der Waals surface area contributed by atoms with Crippen molar-refractivity contribution < 1.29 is 14.6 Å². The second-order valence-corrected chi connectivity index (χ2v) is 5.11. The Balaban J connectivity index is 2.24. The highest BCUT2D eigenvalue weighted by atomic mass is 19.1. The van der Waals surface area contributed by atoms with Crippen LogP contribution in [-0.2, 0) is 0 Å². The number of halogens is 1. The Bertz CT molecular complexity index is 420. The largest absolute Gasteiger partial charge is 0.393 e. The quantitative estimate of drug-likeness (QED) is 0.867. The Morgan fingerprint density at radius 2 is 2.06 bits per heavy atom. The molecule has 1 aromatic carbocycles. The maximum Gasteiger partial charge on any atom is 0.123 e. The second kappa shape index (κ2) is 5.24. The first-order valence-corrected chi connectivity index (χ1v) is 6.39. The van der Waals surface area contributed by atoms with E-state index in [2.05, 4.69) is 4.90 Å². The average Bonchev–Trinajstić information content (AvgIpc) is 2.78. The molecule has 0 radical (unpaired) electrons. The van der Waals surface area contributed by atoms with E-state index >= 15 is 0 Å². The van der Waals surface area contributed by atoms with E-state index in [0.29, 0.717) is 5.56 Å². The molecular weight excluding hydrogens is 233 g/mol. The average molecular weight is 253 g/mol. The first-order chi connectivity index (χ1) is 8.49. The van der Waals surface area contributed by atoms with Gasteiger partial charge in [-0.25, -0.2) is 4.39 Å². The summed E-state index contributed by atoms with van der Waals surface area (Å²) in [6.45, 7) is 5.03. The van der Waals surface area contributed by atoms with E-state index in [9.17, 15) is 14.6 Å². The number of aliphatic hydroxyl groups excluding tert-OH is 2. The van der Waals surface area contributed by atoms with Crippen molar-refractivity contribution in [1.29, 1.82) is 0 Å². The number of benzene rings is 1. The minimum atomic E-state index is -0.693. The zero-order chi connectivity index (χ0) is 13.3. The molecule has 0 saturated carbocycles. The van der Waals surface area contributed by atoms with Gasteiger partial charge in [-0.05, 0) is 38.5 Å². The molecule has 0 amide bonds. The van der Waals surface area contributed by atoms with Gasteiger partial charge in [0.05, 0.1) is 12.2 Å². The van der Waals surface area contributed by atoms with Crippen LogP contribution >= 0.6 is 0 Å². The van der Waals surface area contributed by atoms with Crippen molar-refractivity contribution in [2.75, 3.05) is 18.0 Å². The molecule has 4 heteroatoms. The molecule has 2 N–H and O–H groups in total. The molecule has 1 aromatic rings. The lowest BCUT2D eigenvalue weighted by molar-refractivity contribution is 0.136. The fraction of sp³-hybridized carbons (Fsp3) is 0.571. The van der Waals surface area contributed by atoms with Crippen molar-refractivity contribution in [1.82, 2.24) is 0 Å². The molecule has 0 aliphatic carbocycles. The van der Waals surface area contributed by atoms with Crippen LogP contribution in [0.2, 0.25) is 0 Å². The molecule has 1 aliphatic rings. The Morgan fingerprint density at radius 1 is 1.33 bits per heavy atom. The van der Waals surface area contributed by atoms with Gasteiger partial charge in [0.15, 0.2) is 0 Å². The highest BCUT2D eigenvalue weighted by Gasteiger charge is 2.27. The molecule has 1 saturated heterocycles. The van der Waals surface area contributed by atoms with Crippen LogP contribution in [0.25, 0.3) is 0 Å². The van der Waals surface area contributed by atoms with Gasteiger partial charge in [0.25, 0.3) is 0 Å². The van der Waals surface area contributed by atoms with Crippen molar-refractivity contribution in [2.24, 2.45) is 5.92 Å². The molecule has 0 bridgehead atoms. The van der Waals surface area contributed by atoms with Crippen LogP contribution in [0.15, 0.2) is 18.2 Å². The molecule has 2 rings (SSSR count). The van der Waals surface area contributed by atoms with Gasteiger partial charge in [0.1, 0.15) is 5.82 Å². The number of nitrogens with zero attached hydrogens (tertiary/aromatic N) is 1. The van der Waals surface area contributed by atoms with Crippen LogP contribution in [0.5, 0.6) is 0 Å². The Labute approximate surface area is 107 Å². The predicted octanol–water partition coefficient (Wildman–Crippen LogP) is 2.09. The van der Waals surface area contributed by atoms with E-state index in [4.69, 9.17) is 0 Å². The fourth-order valence-electron chi connectivity index (χ4n) is 2.55. The zero-order valence-corrected chi connectivity index (χ0v) is 10.8. The molecule has 1 aliphatic heterocycles.